The Hall–Kier alpha value is -1.33. The number of carbonyl (C=O) groups excluding carboxylic acids is 1. The van der Waals surface area contributed by atoms with Gasteiger partial charge in [0, 0.05) is 0 Å². The lowest BCUT2D eigenvalue weighted by Gasteiger charge is -2.32. The van der Waals surface area contributed by atoms with E-state index in [0.717, 1.165) is 11.0 Å². The SMILES string of the molecule is CCOC(=O)[C@@H](C)c1ccc(B2OC(C)(C)C(C)(C)O2)cc1. The number of esters is 1. The second-order valence-electron chi connectivity index (χ2n) is 6.73. The van der Waals surface area contributed by atoms with Gasteiger partial charge in [-0.1, -0.05) is 24.3 Å². The Morgan fingerprint density at radius 2 is 1.64 bits per heavy atom. The molecule has 0 aliphatic carbocycles. The van der Waals surface area contributed by atoms with Gasteiger partial charge in [-0.15, -0.1) is 0 Å². The van der Waals surface area contributed by atoms with Crippen molar-refractivity contribution in [3.05, 3.63) is 29.8 Å². The summed E-state index contributed by atoms with van der Waals surface area (Å²) < 4.78 is 17.1. The molecule has 0 bridgehead atoms. The lowest BCUT2D eigenvalue weighted by atomic mass is 9.78. The molecular formula is C17H25BO4. The first-order valence-corrected chi connectivity index (χ1v) is 7.80. The molecule has 5 heteroatoms. The summed E-state index contributed by atoms with van der Waals surface area (Å²) in [5.41, 5.74) is 1.18. The summed E-state index contributed by atoms with van der Waals surface area (Å²) in [6.45, 7) is 12.2. The summed E-state index contributed by atoms with van der Waals surface area (Å²) in [4.78, 5) is 11.8. The average Bonchev–Trinajstić information content (AvgIpc) is 2.67. The van der Waals surface area contributed by atoms with Crippen LogP contribution in [0.1, 0.15) is 53.0 Å². The van der Waals surface area contributed by atoms with E-state index < -0.39 is 0 Å². The highest BCUT2D eigenvalue weighted by molar-refractivity contribution is 6.62. The molecule has 0 radical (unpaired) electrons. The van der Waals surface area contributed by atoms with Gasteiger partial charge in [-0.05, 0) is 52.6 Å². The van der Waals surface area contributed by atoms with Gasteiger partial charge in [0.1, 0.15) is 0 Å². The zero-order valence-electron chi connectivity index (χ0n) is 14.3. The quantitative estimate of drug-likeness (QED) is 0.634. The lowest BCUT2D eigenvalue weighted by molar-refractivity contribution is -0.144. The van der Waals surface area contributed by atoms with Crippen molar-refractivity contribution in [3.8, 4) is 0 Å². The average molecular weight is 304 g/mol. The fourth-order valence-corrected chi connectivity index (χ4v) is 2.32. The fraction of sp³-hybridized carbons (Fsp3) is 0.588. The van der Waals surface area contributed by atoms with Gasteiger partial charge in [0.05, 0.1) is 23.7 Å². The number of carbonyl (C=O) groups is 1. The van der Waals surface area contributed by atoms with Gasteiger partial charge < -0.3 is 14.0 Å². The van der Waals surface area contributed by atoms with Crippen LogP contribution in [-0.2, 0) is 18.8 Å². The molecule has 1 aromatic rings. The van der Waals surface area contributed by atoms with E-state index in [1.165, 1.54) is 0 Å². The van der Waals surface area contributed by atoms with Crippen LogP contribution in [0, 0.1) is 0 Å². The van der Waals surface area contributed by atoms with Gasteiger partial charge in [-0.3, -0.25) is 4.79 Å². The van der Waals surface area contributed by atoms with Crippen LogP contribution in [0.4, 0.5) is 0 Å². The molecule has 0 unspecified atom stereocenters. The van der Waals surface area contributed by atoms with E-state index in [9.17, 15) is 4.79 Å². The molecule has 0 aromatic heterocycles. The predicted molar refractivity (Wildman–Crippen MR) is 87.2 cm³/mol. The molecule has 1 aliphatic heterocycles. The zero-order chi connectivity index (χ0) is 16.5. The predicted octanol–water partition coefficient (Wildman–Crippen LogP) is 2.65. The zero-order valence-corrected chi connectivity index (χ0v) is 14.3. The van der Waals surface area contributed by atoms with Crippen LogP contribution >= 0.6 is 0 Å². The highest BCUT2D eigenvalue weighted by Gasteiger charge is 2.51. The van der Waals surface area contributed by atoms with Crippen LogP contribution in [0.15, 0.2) is 24.3 Å². The summed E-state index contributed by atoms with van der Waals surface area (Å²) in [7, 11) is -0.378. The van der Waals surface area contributed by atoms with Gasteiger partial charge in [-0.2, -0.15) is 0 Å². The van der Waals surface area contributed by atoms with Crippen molar-refractivity contribution in [1.29, 1.82) is 0 Å². The molecule has 1 atom stereocenters. The molecule has 0 N–H and O–H groups in total. The summed E-state index contributed by atoms with van der Waals surface area (Å²) in [6, 6.07) is 7.77. The summed E-state index contributed by atoms with van der Waals surface area (Å²) in [6.07, 6.45) is 0. The van der Waals surface area contributed by atoms with Crippen molar-refractivity contribution >= 4 is 18.6 Å². The fourth-order valence-electron chi connectivity index (χ4n) is 2.32. The Morgan fingerprint density at radius 3 is 2.09 bits per heavy atom. The summed E-state index contributed by atoms with van der Waals surface area (Å²) in [5, 5.41) is 0. The minimum Gasteiger partial charge on any atom is -0.466 e. The van der Waals surface area contributed by atoms with E-state index in [-0.39, 0.29) is 30.2 Å². The number of rotatable bonds is 4. The second-order valence-corrected chi connectivity index (χ2v) is 6.73. The minimum atomic E-state index is -0.378. The van der Waals surface area contributed by atoms with Crippen LogP contribution in [0.3, 0.4) is 0 Å². The summed E-state index contributed by atoms with van der Waals surface area (Å²) >= 11 is 0. The Kier molecular flexibility index (Phi) is 4.69. The second kappa shape index (κ2) is 6.05. The van der Waals surface area contributed by atoms with E-state index >= 15 is 0 Å². The maximum absolute atomic E-state index is 11.8. The van der Waals surface area contributed by atoms with Crippen molar-refractivity contribution in [2.24, 2.45) is 0 Å². The third-order valence-corrected chi connectivity index (χ3v) is 4.60. The Balaban J connectivity index is 2.12. The van der Waals surface area contributed by atoms with Crippen molar-refractivity contribution in [3.63, 3.8) is 0 Å². The summed E-state index contributed by atoms with van der Waals surface area (Å²) in [5.74, 6) is -0.474. The maximum atomic E-state index is 11.8. The number of hydrogen-bond donors (Lipinski definition) is 0. The van der Waals surface area contributed by atoms with Crippen molar-refractivity contribution in [1.82, 2.24) is 0 Å². The molecule has 4 nitrogen and oxygen atoms in total. The highest BCUT2D eigenvalue weighted by Crippen LogP contribution is 2.36. The molecule has 0 amide bonds. The third kappa shape index (κ3) is 3.20. The Labute approximate surface area is 133 Å². The molecule has 1 aliphatic rings. The van der Waals surface area contributed by atoms with E-state index in [0.29, 0.717) is 6.61 Å². The van der Waals surface area contributed by atoms with E-state index in [1.54, 1.807) is 0 Å². The maximum Gasteiger partial charge on any atom is 0.494 e. The lowest BCUT2D eigenvalue weighted by Crippen LogP contribution is -2.41. The van der Waals surface area contributed by atoms with Crippen LogP contribution in [0.2, 0.25) is 0 Å². The molecule has 120 valence electrons. The van der Waals surface area contributed by atoms with Crippen LogP contribution < -0.4 is 5.46 Å². The number of benzene rings is 1. The van der Waals surface area contributed by atoms with E-state index in [2.05, 4.69) is 0 Å². The molecule has 22 heavy (non-hydrogen) atoms. The smallest absolute Gasteiger partial charge is 0.466 e. The highest BCUT2D eigenvalue weighted by atomic mass is 16.7. The van der Waals surface area contributed by atoms with Gasteiger partial charge in [0.2, 0.25) is 0 Å². The molecule has 1 aromatic carbocycles. The van der Waals surface area contributed by atoms with Crippen LogP contribution in [0.5, 0.6) is 0 Å². The largest absolute Gasteiger partial charge is 0.494 e. The van der Waals surface area contributed by atoms with Crippen molar-refractivity contribution in [2.75, 3.05) is 6.61 Å². The van der Waals surface area contributed by atoms with Gasteiger partial charge in [0.25, 0.3) is 0 Å². The first-order chi connectivity index (χ1) is 10.2. The topological polar surface area (TPSA) is 44.8 Å². The number of hydrogen-bond acceptors (Lipinski definition) is 4. The Bertz CT molecular complexity index is 520. The standard InChI is InChI=1S/C17H25BO4/c1-7-20-15(19)12(2)13-8-10-14(11-9-13)18-21-16(3,4)17(5,6)22-18/h8-12H,7H2,1-6H3/t12-/m0/s1. The Morgan fingerprint density at radius 1 is 1.14 bits per heavy atom. The molecule has 0 saturated carbocycles. The van der Waals surface area contributed by atoms with Crippen molar-refractivity contribution < 1.29 is 18.8 Å². The van der Waals surface area contributed by atoms with Gasteiger partial charge in [-0.25, -0.2) is 0 Å². The molecule has 2 rings (SSSR count). The first kappa shape index (κ1) is 17.0. The molecule has 1 fully saturated rings. The normalized spacial score (nSPS) is 20.7. The van der Waals surface area contributed by atoms with Gasteiger partial charge in [0.15, 0.2) is 0 Å². The minimum absolute atomic E-state index is 0.203. The first-order valence-electron chi connectivity index (χ1n) is 7.80. The van der Waals surface area contributed by atoms with Crippen molar-refractivity contribution in [2.45, 2.75) is 58.7 Å². The molecule has 0 spiro atoms. The van der Waals surface area contributed by atoms with E-state index in [1.807, 2.05) is 65.8 Å². The third-order valence-electron chi connectivity index (χ3n) is 4.60. The van der Waals surface area contributed by atoms with Crippen LogP contribution in [0.25, 0.3) is 0 Å². The molecular weight excluding hydrogens is 279 g/mol. The van der Waals surface area contributed by atoms with Crippen LogP contribution in [-0.4, -0.2) is 30.9 Å². The molecule has 1 saturated heterocycles. The number of ether oxygens (including phenoxy) is 1. The molecule has 1 heterocycles. The monoisotopic (exact) mass is 304 g/mol. The van der Waals surface area contributed by atoms with Gasteiger partial charge >= 0.3 is 13.1 Å². The van der Waals surface area contributed by atoms with E-state index in [4.69, 9.17) is 14.0 Å².